The Hall–Kier alpha value is -1.92. The number of amides is 2. The van der Waals surface area contributed by atoms with Crippen molar-refractivity contribution < 1.29 is 14.0 Å². The fourth-order valence-electron chi connectivity index (χ4n) is 1.99. The second-order valence-electron chi connectivity index (χ2n) is 4.55. The van der Waals surface area contributed by atoms with Gasteiger partial charge in [-0.1, -0.05) is 28.1 Å². The van der Waals surface area contributed by atoms with Crippen molar-refractivity contribution >= 4 is 50.6 Å². The van der Waals surface area contributed by atoms with Gasteiger partial charge in [-0.3, -0.25) is 9.59 Å². The van der Waals surface area contributed by atoms with Gasteiger partial charge in [0.15, 0.2) is 0 Å². The van der Waals surface area contributed by atoms with Crippen LogP contribution in [0.3, 0.4) is 0 Å². The maximum Gasteiger partial charge on any atom is 0.298 e. The molecule has 0 bridgehead atoms. The lowest BCUT2D eigenvalue weighted by Gasteiger charge is -2.11. The number of anilines is 1. The van der Waals surface area contributed by atoms with E-state index in [0.717, 1.165) is 26.7 Å². The summed E-state index contributed by atoms with van der Waals surface area (Å²) in [5.74, 6) is -0.814. The van der Waals surface area contributed by atoms with Gasteiger partial charge in [0.1, 0.15) is 5.82 Å². The van der Waals surface area contributed by atoms with Crippen LogP contribution in [-0.4, -0.2) is 11.1 Å². The van der Waals surface area contributed by atoms with Crippen molar-refractivity contribution in [3.63, 3.8) is 0 Å². The maximum absolute atomic E-state index is 13.0. The molecule has 22 heavy (non-hydrogen) atoms. The molecule has 110 valence electrons. The Labute approximate surface area is 138 Å². The first-order chi connectivity index (χ1) is 10.5. The van der Waals surface area contributed by atoms with Crippen LogP contribution < -0.4 is 4.90 Å². The molecule has 1 saturated heterocycles. The molecule has 0 unspecified atom stereocenters. The third-order valence-electron chi connectivity index (χ3n) is 3.05. The summed E-state index contributed by atoms with van der Waals surface area (Å²) < 4.78 is 13.9. The highest BCUT2D eigenvalue weighted by Crippen LogP contribution is 2.35. The van der Waals surface area contributed by atoms with Gasteiger partial charge in [0.2, 0.25) is 0 Å². The van der Waals surface area contributed by atoms with Crippen molar-refractivity contribution in [1.29, 1.82) is 0 Å². The molecular weight excluding hydrogens is 369 g/mol. The lowest BCUT2D eigenvalue weighted by Crippen LogP contribution is -2.27. The zero-order valence-electron chi connectivity index (χ0n) is 11.1. The van der Waals surface area contributed by atoms with Crippen molar-refractivity contribution in [2.45, 2.75) is 0 Å². The second-order valence-corrected chi connectivity index (χ2v) is 6.45. The zero-order chi connectivity index (χ0) is 15.7. The van der Waals surface area contributed by atoms with Gasteiger partial charge < -0.3 is 0 Å². The standard InChI is InChI=1S/C16H9BrFNO2S/c17-11-3-1-10(2-4-11)9-14-15(20)19(16(21)22-14)13-7-5-12(18)6-8-13/h1-9H/b14-9-. The molecule has 1 aliphatic rings. The van der Waals surface area contributed by atoms with Crippen LogP contribution >= 0.6 is 27.7 Å². The SMILES string of the molecule is O=C1S/C(=C\c2ccc(Br)cc2)C(=O)N1c1ccc(F)cc1. The minimum absolute atomic E-state index is 0.344. The van der Waals surface area contributed by atoms with Crippen LogP contribution in [0.1, 0.15) is 5.56 Å². The first-order valence-corrected chi connectivity index (χ1v) is 7.94. The summed E-state index contributed by atoms with van der Waals surface area (Å²) >= 11 is 4.21. The monoisotopic (exact) mass is 377 g/mol. The molecule has 1 fully saturated rings. The van der Waals surface area contributed by atoms with Crippen LogP contribution in [0.5, 0.6) is 0 Å². The summed E-state index contributed by atoms with van der Waals surface area (Å²) in [4.78, 5) is 25.8. The number of carbonyl (C=O) groups excluding carboxylic acids is 2. The Bertz CT molecular complexity index is 772. The molecule has 1 aliphatic heterocycles. The zero-order valence-corrected chi connectivity index (χ0v) is 13.5. The predicted molar refractivity (Wildman–Crippen MR) is 89.0 cm³/mol. The van der Waals surface area contributed by atoms with E-state index in [9.17, 15) is 14.0 Å². The lowest BCUT2D eigenvalue weighted by atomic mass is 10.2. The Morgan fingerprint density at radius 3 is 2.27 bits per heavy atom. The third-order valence-corrected chi connectivity index (χ3v) is 4.44. The van der Waals surface area contributed by atoms with Crippen molar-refractivity contribution in [2.75, 3.05) is 4.90 Å². The summed E-state index contributed by atoms with van der Waals surface area (Å²) in [5, 5.41) is -0.389. The third kappa shape index (κ3) is 2.98. The molecule has 3 rings (SSSR count). The number of rotatable bonds is 2. The molecule has 0 spiro atoms. The molecule has 0 aromatic heterocycles. The van der Waals surface area contributed by atoms with Crippen LogP contribution in [0, 0.1) is 5.82 Å². The number of carbonyl (C=O) groups is 2. The van der Waals surface area contributed by atoms with Crippen molar-refractivity contribution in [3.8, 4) is 0 Å². The summed E-state index contributed by atoms with van der Waals surface area (Å²) in [7, 11) is 0. The summed E-state index contributed by atoms with van der Waals surface area (Å²) in [6.07, 6.45) is 1.67. The van der Waals surface area contributed by atoms with Gasteiger partial charge in [0.05, 0.1) is 10.6 Å². The quantitative estimate of drug-likeness (QED) is 0.703. The Morgan fingerprint density at radius 2 is 1.64 bits per heavy atom. The summed E-state index contributed by atoms with van der Waals surface area (Å²) in [6, 6.07) is 12.7. The molecule has 2 aromatic rings. The number of benzene rings is 2. The van der Waals surface area contributed by atoms with Gasteiger partial charge in [-0.05, 0) is 59.8 Å². The molecule has 0 aliphatic carbocycles. The van der Waals surface area contributed by atoms with Gasteiger partial charge in [-0.15, -0.1) is 0 Å². The molecule has 1 heterocycles. The number of thioether (sulfide) groups is 1. The Kier molecular flexibility index (Phi) is 4.13. The van der Waals surface area contributed by atoms with Crippen molar-refractivity contribution in [3.05, 3.63) is 69.3 Å². The average Bonchev–Trinajstić information content (AvgIpc) is 2.77. The number of hydrogen-bond acceptors (Lipinski definition) is 3. The van der Waals surface area contributed by atoms with E-state index in [4.69, 9.17) is 0 Å². The minimum atomic E-state index is -0.416. The Morgan fingerprint density at radius 1 is 1.00 bits per heavy atom. The van der Waals surface area contributed by atoms with E-state index in [1.807, 2.05) is 24.3 Å². The average molecular weight is 378 g/mol. The van der Waals surface area contributed by atoms with Crippen molar-refractivity contribution in [1.82, 2.24) is 0 Å². The molecule has 2 amide bonds. The van der Waals surface area contributed by atoms with Crippen molar-refractivity contribution in [2.24, 2.45) is 0 Å². The van der Waals surface area contributed by atoms with E-state index in [1.54, 1.807) is 6.08 Å². The van der Waals surface area contributed by atoms with Gasteiger partial charge in [-0.25, -0.2) is 9.29 Å². The fraction of sp³-hybridized carbons (Fsp3) is 0. The van der Waals surface area contributed by atoms with Gasteiger partial charge in [0.25, 0.3) is 11.1 Å². The molecule has 0 atom stereocenters. The number of hydrogen-bond donors (Lipinski definition) is 0. The van der Waals surface area contributed by atoms with E-state index in [2.05, 4.69) is 15.9 Å². The Balaban J connectivity index is 1.91. The molecule has 3 nitrogen and oxygen atoms in total. The van der Waals surface area contributed by atoms with Crippen LogP contribution in [-0.2, 0) is 4.79 Å². The topological polar surface area (TPSA) is 37.4 Å². The fourth-order valence-corrected chi connectivity index (χ4v) is 3.10. The normalized spacial score (nSPS) is 16.6. The lowest BCUT2D eigenvalue weighted by molar-refractivity contribution is -0.113. The van der Waals surface area contributed by atoms with Gasteiger partial charge in [-0.2, -0.15) is 0 Å². The molecule has 2 aromatic carbocycles. The smallest absolute Gasteiger partial charge is 0.268 e. The largest absolute Gasteiger partial charge is 0.298 e. The molecule has 0 saturated carbocycles. The summed E-state index contributed by atoms with van der Waals surface area (Å²) in [5.41, 5.74) is 1.19. The van der Waals surface area contributed by atoms with Gasteiger partial charge >= 0.3 is 0 Å². The minimum Gasteiger partial charge on any atom is -0.268 e. The number of imide groups is 1. The van der Waals surface area contributed by atoms with Crippen LogP contribution in [0.4, 0.5) is 14.9 Å². The highest BCUT2D eigenvalue weighted by Gasteiger charge is 2.36. The van der Waals surface area contributed by atoms with Gasteiger partial charge in [0, 0.05) is 4.47 Å². The molecule has 0 N–H and O–H groups in total. The number of halogens is 2. The van der Waals surface area contributed by atoms with E-state index < -0.39 is 11.7 Å². The molecule has 6 heteroatoms. The second kappa shape index (κ2) is 6.06. The highest BCUT2D eigenvalue weighted by molar-refractivity contribution is 9.10. The molecular formula is C16H9BrFNO2S. The summed E-state index contributed by atoms with van der Waals surface area (Å²) in [6.45, 7) is 0. The predicted octanol–water partition coefficient (Wildman–Crippen LogP) is 4.83. The number of nitrogens with zero attached hydrogens (tertiary/aromatic N) is 1. The first-order valence-electron chi connectivity index (χ1n) is 6.34. The highest BCUT2D eigenvalue weighted by atomic mass is 79.9. The maximum atomic E-state index is 13.0. The first kappa shape index (κ1) is 15.0. The van der Waals surface area contributed by atoms with Crippen LogP contribution in [0.25, 0.3) is 6.08 Å². The van der Waals surface area contributed by atoms with E-state index in [1.165, 1.54) is 24.3 Å². The van der Waals surface area contributed by atoms with Crippen LogP contribution in [0.2, 0.25) is 0 Å². The molecule has 0 radical (unpaired) electrons. The van der Waals surface area contributed by atoms with Crippen LogP contribution in [0.15, 0.2) is 57.9 Å². The van der Waals surface area contributed by atoms with E-state index in [-0.39, 0.29) is 5.24 Å². The van der Waals surface area contributed by atoms with E-state index in [0.29, 0.717) is 10.6 Å². The van der Waals surface area contributed by atoms with E-state index >= 15 is 0 Å².